The Morgan fingerprint density at radius 1 is 1.10 bits per heavy atom. The monoisotopic (exact) mass is 346 g/mol. The SMILES string of the molecule is Nc1ccc(Br)c(CN2CCN(c3ccccn3)CC2)c1. The molecule has 0 unspecified atom stereocenters. The number of aromatic nitrogens is 1. The number of benzene rings is 1. The Kier molecular flexibility index (Phi) is 4.41. The van der Waals surface area contributed by atoms with Crippen molar-refractivity contribution in [2.45, 2.75) is 6.54 Å². The van der Waals surface area contributed by atoms with Crippen LogP contribution in [0.5, 0.6) is 0 Å². The van der Waals surface area contributed by atoms with Gasteiger partial charge in [-0.2, -0.15) is 0 Å². The summed E-state index contributed by atoms with van der Waals surface area (Å²) in [7, 11) is 0. The van der Waals surface area contributed by atoms with Crippen LogP contribution in [-0.4, -0.2) is 36.1 Å². The Bertz CT molecular complexity index is 594. The maximum absolute atomic E-state index is 5.87. The van der Waals surface area contributed by atoms with E-state index in [1.807, 2.05) is 30.5 Å². The lowest BCUT2D eigenvalue weighted by Crippen LogP contribution is -2.46. The second kappa shape index (κ2) is 6.45. The Labute approximate surface area is 133 Å². The average molecular weight is 347 g/mol. The number of piperazine rings is 1. The molecule has 0 radical (unpaired) electrons. The predicted molar refractivity (Wildman–Crippen MR) is 90.3 cm³/mol. The molecule has 1 aromatic heterocycles. The Hall–Kier alpha value is -1.59. The summed E-state index contributed by atoms with van der Waals surface area (Å²) in [4.78, 5) is 9.22. The molecule has 1 aliphatic heterocycles. The van der Waals surface area contributed by atoms with Gasteiger partial charge in [0.25, 0.3) is 0 Å². The van der Waals surface area contributed by atoms with Crippen LogP contribution in [0.3, 0.4) is 0 Å². The fourth-order valence-corrected chi connectivity index (χ4v) is 3.00. The Morgan fingerprint density at radius 2 is 1.90 bits per heavy atom. The van der Waals surface area contributed by atoms with Gasteiger partial charge in [0.1, 0.15) is 5.82 Å². The molecular formula is C16H19BrN4. The molecule has 0 bridgehead atoms. The number of hydrogen-bond donors (Lipinski definition) is 1. The van der Waals surface area contributed by atoms with Gasteiger partial charge in [0.05, 0.1) is 0 Å². The number of hydrogen-bond acceptors (Lipinski definition) is 4. The van der Waals surface area contributed by atoms with Crippen LogP contribution >= 0.6 is 15.9 Å². The third kappa shape index (κ3) is 3.54. The summed E-state index contributed by atoms with van der Waals surface area (Å²) in [5, 5.41) is 0. The Balaban J connectivity index is 1.60. The number of anilines is 2. The van der Waals surface area contributed by atoms with Gasteiger partial charge in [-0.3, -0.25) is 4.90 Å². The minimum absolute atomic E-state index is 0.820. The summed E-state index contributed by atoms with van der Waals surface area (Å²) < 4.78 is 1.13. The van der Waals surface area contributed by atoms with Crippen LogP contribution in [0.25, 0.3) is 0 Å². The zero-order valence-corrected chi connectivity index (χ0v) is 13.5. The summed E-state index contributed by atoms with van der Waals surface area (Å²) in [6.07, 6.45) is 1.85. The molecule has 1 aliphatic rings. The highest BCUT2D eigenvalue weighted by molar-refractivity contribution is 9.10. The summed E-state index contributed by atoms with van der Waals surface area (Å²) in [5.74, 6) is 1.07. The van der Waals surface area contributed by atoms with E-state index in [9.17, 15) is 0 Å². The molecule has 4 nitrogen and oxygen atoms in total. The van der Waals surface area contributed by atoms with E-state index in [1.54, 1.807) is 0 Å². The minimum Gasteiger partial charge on any atom is -0.399 e. The molecule has 21 heavy (non-hydrogen) atoms. The fourth-order valence-electron chi connectivity index (χ4n) is 2.63. The topological polar surface area (TPSA) is 45.4 Å². The first-order valence-electron chi connectivity index (χ1n) is 7.14. The van der Waals surface area contributed by atoms with Crippen molar-refractivity contribution >= 4 is 27.4 Å². The van der Waals surface area contributed by atoms with E-state index in [4.69, 9.17) is 5.73 Å². The smallest absolute Gasteiger partial charge is 0.128 e. The van der Waals surface area contributed by atoms with Crippen LogP contribution in [0.4, 0.5) is 11.5 Å². The number of nitrogens with two attached hydrogens (primary N) is 1. The zero-order valence-electron chi connectivity index (χ0n) is 11.9. The second-order valence-electron chi connectivity index (χ2n) is 5.30. The first-order valence-corrected chi connectivity index (χ1v) is 7.94. The maximum atomic E-state index is 5.87. The highest BCUT2D eigenvalue weighted by Gasteiger charge is 2.18. The standard InChI is InChI=1S/C16H19BrN4/c17-15-5-4-14(18)11-13(15)12-20-7-9-21(10-8-20)16-3-1-2-6-19-16/h1-6,11H,7-10,12,18H2. The normalized spacial score (nSPS) is 16.1. The highest BCUT2D eigenvalue weighted by atomic mass is 79.9. The van der Waals surface area contributed by atoms with Crippen LogP contribution < -0.4 is 10.6 Å². The van der Waals surface area contributed by atoms with E-state index >= 15 is 0 Å². The fraction of sp³-hybridized carbons (Fsp3) is 0.312. The van der Waals surface area contributed by atoms with E-state index in [0.29, 0.717) is 0 Å². The van der Waals surface area contributed by atoms with Crippen molar-refractivity contribution in [2.24, 2.45) is 0 Å². The van der Waals surface area contributed by atoms with E-state index in [2.05, 4.69) is 42.8 Å². The third-order valence-electron chi connectivity index (χ3n) is 3.81. The van der Waals surface area contributed by atoms with Gasteiger partial charge in [-0.1, -0.05) is 22.0 Å². The van der Waals surface area contributed by atoms with E-state index in [-0.39, 0.29) is 0 Å². The quantitative estimate of drug-likeness (QED) is 0.868. The molecule has 0 aliphatic carbocycles. The molecule has 0 spiro atoms. The van der Waals surface area contributed by atoms with Crippen LogP contribution in [0, 0.1) is 0 Å². The molecule has 110 valence electrons. The number of halogens is 1. The molecule has 3 rings (SSSR count). The minimum atomic E-state index is 0.820. The number of nitrogens with zero attached hydrogens (tertiary/aromatic N) is 3. The maximum Gasteiger partial charge on any atom is 0.128 e. The first kappa shape index (κ1) is 14.4. The highest BCUT2D eigenvalue weighted by Crippen LogP contribution is 2.22. The number of pyridine rings is 1. The van der Waals surface area contributed by atoms with Crippen molar-refractivity contribution in [3.05, 3.63) is 52.6 Å². The van der Waals surface area contributed by atoms with Crippen LogP contribution in [-0.2, 0) is 6.54 Å². The largest absolute Gasteiger partial charge is 0.399 e. The van der Waals surface area contributed by atoms with Gasteiger partial charge in [-0.25, -0.2) is 4.98 Å². The molecule has 2 aromatic rings. The summed E-state index contributed by atoms with van der Waals surface area (Å²) in [6.45, 7) is 5.03. The van der Waals surface area contributed by atoms with Gasteiger partial charge in [0.15, 0.2) is 0 Å². The van der Waals surface area contributed by atoms with Gasteiger partial charge in [0, 0.05) is 49.1 Å². The van der Waals surface area contributed by atoms with Gasteiger partial charge < -0.3 is 10.6 Å². The van der Waals surface area contributed by atoms with Gasteiger partial charge in [-0.05, 0) is 35.9 Å². The summed E-state index contributed by atoms with van der Waals surface area (Å²) >= 11 is 3.60. The van der Waals surface area contributed by atoms with E-state index in [0.717, 1.165) is 48.7 Å². The van der Waals surface area contributed by atoms with Crippen molar-refractivity contribution in [2.75, 3.05) is 36.8 Å². The van der Waals surface area contributed by atoms with Crippen LogP contribution in [0.2, 0.25) is 0 Å². The van der Waals surface area contributed by atoms with Crippen molar-refractivity contribution in [1.82, 2.24) is 9.88 Å². The number of rotatable bonds is 3. The van der Waals surface area contributed by atoms with Crippen molar-refractivity contribution in [1.29, 1.82) is 0 Å². The number of nitrogen functional groups attached to an aromatic ring is 1. The molecule has 1 aromatic carbocycles. The molecule has 2 heterocycles. The predicted octanol–water partition coefficient (Wildman–Crippen LogP) is 2.75. The summed E-state index contributed by atoms with van der Waals surface area (Å²) in [6, 6.07) is 12.1. The van der Waals surface area contributed by atoms with Gasteiger partial charge >= 0.3 is 0 Å². The molecule has 0 amide bonds. The van der Waals surface area contributed by atoms with Crippen LogP contribution in [0.1, 0.15) is 5.56 Å². The molecule has 1 fully saturated rings. The van der Waals surface area contributed by atoms with Crippen LogP contribution in [0.15, 0.2) is 47.1 Å². The molecule has 0 saturated carbocycles. The van der Waals surface area contributed by atoms with Crippen molar-refractivity contribution < 1.29 is 0 Å². The molecule has 5 heteroatoms. The van der Waals surface area contributed by atoms with Crippen molar-refractivity contribution in [3.63, 3.8) is 0 Å². The van der Waals surface area contributed by atoms with Crippen molar-refractivity contribution in [3.8, 4) is 0 Å². The lowest BCUT2D eigenvalue weighted by atomic mass is 10.1. The molecule has 2 N–H and O–H groups in total. The van der Waals surface area contributed by atoms with E-state index in [1.165, 1.54) is 5.56 Å². The van der Waals surface area contributed by atoms with Gasteiger partial charge in [0.2, 0.25) is 0 Å². The first-order chi connectivity index (χ1) is 10.2. The molecular weight excluding hydrogens is 328 g/mol. The lowest BCUT2D eigenvalue weighted by Gasteiger charge is -2.35. The Morgan fingerprint density at radius 3 is 2.62 bits per heavy atom. The molecule has 1 saturated heterocycles. The third-order valence-corrected chi connectivity index (χ3v) is 4.58. The molecule has 0 atom stereocenters. The average Bonchev–Trinajstić information content (AvgIpc) is 2.53. The lowest BCUT2D eigenvalue weighted by molar-refractivity contribution is 0.249. The van der Waals surface area contributed by atoms with Gasteiger partial charge in [-0.15, -0.1) is 0 Å². The van der Waals surface area contributed by atoms with E-state index < -0.39 is 0 Å². The second-order valence-corrected chi connectivity index (χ2v) is 6.16. The summed E-state index contributed by atoms with van der Waals surface area (Å²) in [5.41, 5.74) is 7.95. The zero-order chi connectivity index (χ0) is 14.7.